The number of carbonyl (C=O) groups is 1. The molecule has 2 fully saturated rings. The lowest BCUT2D eigenvalue weighted by Crippen LogP contribution is -2.58. The molecule has 3 aliphatic rings. The zero-order valence-electron chi connectivity index (χ0n) is 19.6. The maximum Gasteiger partial charge on any atom is 0.259 e. The van der Waals surface area contributed by atoms with Crippen molar-refractivity contribution in [1.29, 1.82) is 0 Å². The molecule has 5 atom stereocenters. The van der Waals surface area contributed by atoms with Gasteiger partial charge in [0.25, 0.3) is 17.2 Å². The molecule has 2 aromatic rings. The summed E-state index contributed by atoms with van der Waals surface area (Å²) in [6.07, 6.45) is 5.86. The van der Waals surface area contributed by atoms with Gasteiger partial charge < -0.3 is 4.90 Å². The third-order valence-corrected chi connectivity index (χ3v) is 8.25. The van der Waals surface area contributed by atoms with E-state index in [1.807, 2.05) is 11.0 Å². The highest BCUT2D eigenvalue weighted by Crippen LogP contribution is 2.43. The number of hydrogen-bond donors (Lipinski definition) is 2. The lowest BCUT2D eigenvalue weighted by Gasteiger charge is -2.47. The summed E-state index contributed by atoms with van der Waals surface area (Å²) in [4.78, 5) is 17.9. The van der Waals surface area contributed by atoms with Gasteiger partial charge in [-0.2, -0.15) is 0 Å². The third-order valence-electron chi connectivity index (χ3n) is 7.84. The fourth-order valence-electron chi connectivity index (χ4n) is 6.23. The molecular weight excluding hydrogens is 472 g/mol. The molecule has 188 valence electrons. The van der Waals surface area contributed by atoms with Gasteiger partial charge in [0.1, 0.15) is 0 Å². The summed E-state index contributed by atoms with van der Waals surface area (Å²) in [6, 6.07) is 9.63. The number of carbonyl (C=O) groups excluding carboxylic acids is 1. The van der Waals surface area contributed by atoms with Crippen LogP contribution in [0.15, 0.2) is 36.4 Å². The highest BCUT2D eigenvalue weighted by Gasteiger charge is 2.42. The Morgan fingerprint density at radius 2 is 1.77 bits per heavy atom. The van der Waals surface area contributed by atoms with Crippen LogP contribution in [0.5, 0.6) is 0 Å². The van der Waals surface area contributed by atoms with E-state index in [0.29, 0.717) is 43.0 Å². The number of hydrogen-bond acceptors (Lipinski definition) is 3. The van der Waals surface area contributed by atoms with Gasteiger partial charge in [-0.15, -0.1) is 0 Å². The van der Waals surface area contributed by atoms with Crippen molar-refractivity contribution in [2.75, 3.05) is 24.4 Å². The molecule has 0 aromatic heterocycles. The molecule has 9 heteroatoms. The van der Waals surface area contributed by atoms with Crippen molar-refractivity contribution in [1.82, 2.24) is 9.80 Å². The molecule has 5 rings (SSSR count). The SMILES string of the molecule is O=C(c1ccc(NS(=O)O)cc1)N1CCN2Cc3cc(F)c(F)c(c3)C3CCCCCC[C@H]3[C@H]1C2. The van der Waals surface area contributed by atoms with Gasteiger partial charge in [-0.3, -0.25) is 19.0 Å². The molecule has 2 N–H and O–H groups in total. The zero-order chi connectivity index (χ0) is 24.5. The molecule has 3 unspecified atom stereocenters. The Hall–Kier alpha value is -2.36. The number of fused-ring (bicyclic) bond motifs is 7. The standard InChI is InChI=1S/C26H31F2N3O3S/c27-23-14-17-13-22(25(23)28)20-5-3-1-2-4-6-21(20)24-16-30(15-17)11-12-31(24)26(32)18-7-9-19(10-8-18)29-35(33)34/h7-10,13-14,20-21,24,29H,1-6,11-12,15-16H2,(H,33,34)/t20?,21-,24-/m1/s1. The van der Waals surface area contributed by atoms with E-state index in [1.54, 1.807) is 24.3 Å². The van der Waals surface area contributed by atoms with Crippen molar-refractivity contribution in [2.24, 2.45) is 5.92 Å². The maximum absolute atomic E-state index is 15.1. The van der Waals surface area contributed by atoms with Gasteiger partial charge in [0, 0.05) is 43.5 Å². The molecule has 4 bridgehead atoms. The molecule has 0 radical (unpaired) electrons. The topological polar surface area (TPSA) is 72.9 Å². The second kappa shape index (κ2) is 10.3. The fourth-order valence-corrected chi connectivity index (χ4v) is 6.56. The van der Waals surface area contributed by atoms with E-state index >= 15 is 4.39 Å². The van der Waals surface area contributed by atoms with E-state index in [-0.39, 0.29) is 23.8 Å². The smallest absolute Gasteiger partial charge is 0.259 e. The van der Waals surface area contributed by atoms with Crippen molar-refractivity contribution < 1.29 is 22.3 Å². The van der Waals surface area contributed by atoms with Crippen molar-refractivity contribution >= 4 is 22.9 Å². The zero-order valence-corrected chi connectivity index (χ0v) is 20.4. The van der Waals surface area contributed by atoms with Gasteiger partial charge in [0.15, 0.2) is 11.6 Å². The van der Waals surface area contributed by atoms with Crippen LogP contribution in [0.4, 0.5) is 14.5 Å². The van der Waals surface area contributed by atoms with Crippen molar-refractivity contribution in [2.45, 2.75) is 57.0 Å². The molecule has 1 saturated heterocycles. The molecule has 35 heavy (non-hydrogen) atoms. The predicted octanol–water partition coefficient (Wildman–Crippen LogP) is 4.91. The minimum atomic E-state index is -2.18. The molecule has 2 heterocycles. The summed E-state index contributed by atoms with van der Waals surface area (Å²) < 4.78 is 52.2. The van der Waals surface area contributed by atoms with Crippen LogP contribution < -0.4 is 4.72 Å². The first-order valence-electron chi connectivity index (χ1n) is 12.4. The number of halogens is 2. The Morgan fingerprint density at radius 3 is 2.51 bits per heavy atom. The van der Waals surface area contributed by atoms with E-state index in [9.17, 15) is 13.4 Å². The first-order chi connectivity index (χ1) is 16.9. The van der Waals surface area contributed by atoms with Crippen LogP contribution in [-0.2, 0) is 17.8 Å². The first-order valence-corrected chi connectivity index (χ1v) is 13.5. The average Bonchev–Trinajstić information content (AvgIpc) is 2.84. The second-order valence-corrected chi connectivity index (χ2v) is 10.7. The number of amides is 1. The molecule has 2 aliphatic heterocycles. The molecule has 6 nitrogen and oxygen atoms in total. The third kappa shape index (κ3) is 5.13. The average molecular weight is 504 g/mol. The van der Waals surface area contributed by atoms with Crippen LogP contribution >= 0.6 is 0 Å². The fraction of sp³-hybridized carbons (Fsp3) is 0.500. The van der Waals surface area contributed by atoms with Crippen molar-refractivity contribution in [3.05, 3.63) is 64.7 Å². The van der Waals surface area contributed by atoms with Gasteiger partial charge in [0.05, 0.1) is 0 Å². The van der Waals surface area contributed by atoms with Gasteiger partial charge in [-0.05, 0) is 66.1 Å². The molecule has 1 amide bonds. The van der Waals surface area contributed by atoms with Crippen molar-refractivity contribution in [3.8, 4) is 0 Å². The molecule has 2 aromatic carbocycles. The van der Waals surface area contributed by atoms with Crippen LogP contribution in [0.2, 0.25) is 0 Å². The summed E-state index contributed by atoms with van der Waals surface area (Å²) in [6.45, 7) is 2.43. The largest absolute Gasteiger partial charge is 0.333 e. The van der Waals surface area contributed by atoms with E-state index < -0.39 is 22.9 Å². The summed E-state index contributed by atoms with van der Waals surface area (Å²) in [5, 5.41) is 0. The highest BCUT2D eigenvalue weighted by atomic mass is 32.2. The molecule has 1 saturated carbocycles. The molecular formula is C26H31F2N3O3S. The summed E-state index contributed by atoms with van der Waals surface area (Å²) in [5.41, 5.74) is 2.23. The van der Waals surface area contributed by atoms with Crippen LogP contribution in [0, 0.1) is 17.6 Å². The first kappa shape index (κ1) is 24.3. The lowest BCUT2D eigenvalue weighted by atomic mass is 9.73. The number of anilines is 1. The van der Waals surface area contributed by atoms with Crippen LogP contribution in [0.3, 0.4) is 0 Å². The van der Waals surface area contributed by atoms with Gasteiger partial charge in [0.2, 0.25) is 0 Å². The number of nitrogens with zero attached hydrogens (tertiary/aromatic N) is 2. The van der Waals surface area contributed by atoms with E-state index in [1.165, 1.54) is 6.07 Å². The molecule has 1 aliphatic carbocycles. The normalized spacial score (nSPS) is 27.3. The maximum atomic E-state index is 15.1. The molecule has 0 spiro atoms. The van der Waals surface area contributed by atoms with Crippen LogP contribution in [-0.4, -0.2) is 50.1 Å². The number of benzene rings is 2. The Morgan fingerprint density at radius 1 is 1.03 bits per heavy atom. The van der Waals surface area contributed by atoms with Gasteiger partial charge in [-0.1, -0.05) is 31.7 Å². The van der Waals surface area contributed by atoms with E-state index in [2.05, 4.69) is 9.62 Å². The van der Waals surface area contributed by atoms with Crippen LogP contribution in [0.25, 0.3) is 0 Å². The number of nitrogens with one attached hydrogen (secondary N) is 1. The highest BCUT2D eigenvalue weighted by molar-refractivity contribution is 7.80. The van der Waals surface area contributed by atoms with Crippen LogP contribution in [0.1, 0.15) is 65.9 Å². The Kier molecular flexibility index (Phi) is 7.18. The summed E-state index contributed by atoms with van der Waals surface area (Å²) in [5.74, 6) is -1.69. The lowest BCUT2D eigenvalue weighted by molar-refractivity contribution is 0.0213. The Balaban J connectivity index is 1.50. The minimum absolute atomic E-state index is 0.0436. The van der Waals surface area contributed by atoms with Gasteiger partial charge >= 0.3 is 0 Å². The summed E-state index contributed by atoms with van der Waals surface area (Å²) in [7, 11) is 0. The predicted molar refractivity (Wildman–Crippen MR) is 131 cm³/mol. The Labute approximate surface area is 207 Å². The van der Waals surface area contributed by atoms with Gasteiger partial charge in [-0.25, -0.2) is 13.0 Å². The monoisotopic (exact) mass is 503 g/mol. The number of piperazine rings is 1. The quantitative estimate of drug-likeness (QED) is 0.584. The Bertz CT molecular complexity index is 1110. The van der Waals surface area contributed by atoms with Crippen molar-refractivity contribution in [3.63, 3.8) is 0 Å². The summed E-state index contributed by atoms with van der Waals surface area (Å²) >= 11 is -2.18. The van der Waals surface area contributed by atoms with E-state index in [0.717, 1.165) is 44.1 Å². The minimum Gasteiger partial charge on any atom is -0.333 e. The van der Waals surface area contributed by atoms with E-state index in [4.69, 9.17) is 4.55 Å². The number of rotatable bonds is 3. The second-order valence-electron chi connectivity index (χ2n) is 9.97.